The Morgan fingerprint density at radius 1 is 0.294 bits per heavy atom. The molecule has 0 radical (unpaired) electrons. The molecule has 0 N–H and O–H groups in total. The molecule has 0 unspecified atom stereocenters. The molecule has 8 heteroatoms. The molecule has 0 aliphatic heterocycles. The van der Waals surface area contributed by atoms with E-state index in [1.165, 1.54) is 21.5 Å². The minimum atomic E-state index is 0.607. The highest BCUT2D eigenvalue weighted by Gasteiger charge is 2.21. The molecule has 1 aliphatic carbocycles. The average molecular weight is 873 g/mol. The van der Waals surface area contributed by atoms with Gasteiger partial charge in [-0.25, -0.2) is 29.9 Å². The molecule has 0 saturated heterocycles. The van der Waals surface area contributed by atoms with E-state index in [-0.39, 0.29) is 0 Å². The number of hydrogen-bond donors (Lipinski definition) is 0. The molecule has 0 atom stereocenters. The van der Waals surface area contributed by atoms with Crippen LogP contribution in [0.3, 0.4) is 0 Å². The maximum absolute atomic E-state index is 5.11. The van der Waals surface area contributed by atoms with Crippen LogP contribution in [0.1, 0.15) is 18.7 Å². The zero-order valence-corrected chi connectivity index (χ0v) is 36.8. The van der Waals surface area contributed by atoms with Crippen LogP contribution in [0.4, 0.5) is 0 Å². The van der Waals surface area contributed by atoms with E-state index in [0.29, 0.717) is 34.9 Å². The summed E-state index contributed by atoms with van der Waals surface area (Å²) in [5.74, 6) is 3.81. The predicted octanol–water partition coefficient (Wildman–Crippen LogP) is 14.3. The molecule has 12 aromatic rings. The highest BCUT2D eigenvalue weighted by atomic mass is 15.1. The third-order valence-corrected chi connectivity index (χ3v) is 12.8. The minimum absolute atomic E-state index is 0.607. The Labute approximate surface area is 392 Å². The van der Waals surface area contributed by atoms with Crippen molar-refractivity contribution in [1.82, 2.24) is 39.0 Å². The van der Waals surface area contributed by atoms with Crippen LogP contribution in [0.25, 0.3) is 117 Å². The molecule has 13 rings (SSSR count). The number of aromatic nitrogens is 8. The number of nitrogens with zero attached hydrogens (tertiary/aromatic N) is 8. The third kappa shape index (κ3) is 6.86. The number of rotatable bonds is 8. The van der Waals surface area contributed by atoms with Crippen LogP contribution in [0, 0.1) is 0 Å². The van der Waals surface area contributed by atoms with Gasteiger partial charge in [-0.3, -0.25) is 0 Å². The molecule has 8 nitrogen and oxygen atoms in total. The fourth-order valence-electron chi connectivity index (χ4n) is 9.62. The Bertz CT molecular complexity index is 3900. The predicted molar refractivity (Wildman–Crippen MR) is 275 cm³/mol. The second-order valence-electron chi connectivity index (χ2n) is 17.0. The number of para-hydroxylation sites is 2. The molecule has 68 heavy (non-hydrogen) atoms. The molecule has 0 fully saturated rings. The van der Waals surface area contributed by atoms with Gasteiger partial charge in [0.1, 0.15) is 0 Å². The van der Waals surface area contributed by atoms with Gasteiger partial charge in [0.05, 0.1) is 22.1 Å². The summed E-state index contributed by atoms with van der Waals surface area (Å²) in [6.07, 6.45) is 8.50. The first-order chi connectivity index (χ1) is 33.7. The molecule has 0 spiro atoms. The van der Waals surface area contributed by atoms with Gasteiger partial charge in [-0.1, -0.05) is 170 Å². The first-order valence-electron chi connectivity index (χ1n) is 22.9. The molecule has 8 aromatic carbocycles. The van der Waals surface area contributed by atoms with Crippen LogP contribution in [-0.4, -0.2) is 39.0 Å². The van der Waals surface area contributed by atoms with Crippen LogP contribution in [0.5, 0.6) is 0 Å². The van der Waals surface area contributed by atoms with Crippen LogP contribution >= 0.6 is 0 Å². The zero-order chi connectivity index (χ0) is 45.0. The summed E-state index contributed by atoms with van der Waals surface area (Å²) >= 11 is 0. The number of allylic oxidation sites excluding steroid dienone is 4. The van der Waals surface area contributed by atoms with Gasteiger partial charge in [-0.2, -0.15) is 0 Å². The lowest BCUT2D eigenvalue weighted by molar-refractivity contribution is 1.01. The molecule has 0 saturated carbocycles. The minimum Gasteiger partial charge on any atom is -0.309 e. The summed E-state index contributed by atoms with van der Waals surface area (Å²) in [6, 6.07) is 69.6. The lowest BCUT2D eigenvalue weighted by Gasteiger charge is -2.13. The Morgan fingerprint density at radius 2 is 0.691 bits per heavy atom. The zero-order valence-electron chi connectivity index (χ0n) is 36.8. The normalized spacial score (nSPS) is 12.6. The molecule has 0 amide bonds. The van der Waals surface area contributed by atoms with E-state index in [1.807, 2.05) is 78.9 Å². The first kappa shape index (κ1) is 39.2. The van der Waals surface area contributed by atoms with Crippen molar-refractivity contribution >= 4 is 49.2 Å². The van der Waals surface area contributed by atoms with Crippen molar-refractivity contribution in [3.05, 3.63) is 224 Å². The summed E-state index contributed by atoms with van der Waals surface area (Å²) in [7, 11) is 0. The van der Waals surface area contributed by atoms with Crippen molar-refractivity contribution < 1.29 is 0 Å². The highest BCUT2D eigenvalue weighted by Crippen LogP contribution is 2.41. The number of fused-ring (bicyclic) bond motifs is 6. The fourth-order valence-corrected chi connectivity index (χ4v) is 9.62. The molecule has 320 valence electrons. The summed E-state index contributed by atoms with van der Waals surface area (Å²) in [6.45, 7) is 0. The van der Waals surface area contributed by atoms with Crippen LogP contribution in [0.2, 0.25) is 0 Å². The molecule has 4 heterocycles. The van der Waals surface area contributed by atoms with Gasteiger partial charge >= 0.3 is 0 Å². The molecule has 1 aliphatic rings. The monoisotopic (exact) mass is 872 g/mol. The Balaban J connectivity index is 0.993. The summed E-state index contributed by atoms with van der Waals surface area (Å²) in [4.78, 5) is 30.3. The molecule has 0 bridgehead atoms. The SMILES string of the molecule is C1=CC(c2nc(-c3ccccc3)nc(-c3cccc(-n4c5ccccc5c5cc6c7ccccc7n(-c7cccc(-c8nc(-c9ccccc9)nc(-c9ccccc9)n8)c7)c6cc54)c3)n2)=CCC1. The van der Waals surface area contributed by atoms with Gasteiger partial charge in [0.15, 0.2) is 34.9 Å². The van der Waals surface area contributed by atoms with Crippen molar-refractivity contribution in [3.63, 3.8) is 0 Å². The summed E-state index contributed by atoms with van der Waals surface area (Å²) in [5, 5.41) is 4.70. The van der Waals surface area contributed by atoms with Gasteiger partial charge in [0, 0.05) is 66.3 Å². The average Bonchev–Trinajstić information content (AvgIpc) is 3.93. The highest BCUT2D eigenvalue weighted by molar-refractivity contribution is 6.19. The fraction of sp³-hybridized carbons (Fsp3) is 0.0333. The second kappa shape index (κ2) is 16.4. The van der Waals surface area contributed by atoms with Crippen LogP contribution in [0.15, 0.2) is 218 Å². The van der Waals surface area contributed by atoms with E-state index in [9.17, 15) is 0 Å². The second-order valence-corrected chi connectivity index (χ2v) is 17.0. The lowest BCUT2D eigenvalue weighted by Crippen LogP contribution is -2.03. The standard InChI is InChI=1S/C60H40N8/c1-5-19-39(20-6-1)55-61-56(40-21-7-2-8-22-40)64-59(63-55)43-27-17-29-45(35-43)67-51-33-15-13-31-47(51)49-37-50-48-32-14-16-34-52(48)68(54(50)38-53(49)67)46-30-18-28-44(36-46)60-65-57(41-23-9-3-10-24-41)62-58(66-60)42-25-11-4-12-26-42/h1-3,5-11,13-38H,4,12H2. The van der Waals surface area contributed by atoms with E-state index < -0.39 is 0 Å². The maximum atomic E-state index is 5.11. The molecular formula is C60H40N8. The van der Waals surface area contributed by atoms with Crippen molar-refractivity contribution in [2.24, 2.45) is 0 Å². The molecular weight excluding hydrogens is 833 g/mol. The van der Waals surface area contributed by atoms with Gasteiger partial charge in [-0.15, -0.1) is 0 Å². The summed E-state index contributed by atoms with van der Waals surface area (Å²) in [5.41, 5.74) is 12.0. The van der Waals surface area contributed by atoms with Crippen molar-refractivity contribution in [1.29, 1.82) is 0 Å². The number of benzene rings is 8. The van der Waals surface area contributed by atoms with Gasteiger partial charge < -0.3 is 9.13 Å². The Hall–Kier alpha value is -9.14. The van der Waals surface area contributed by atoms with E-state index in [4.69, 9.17) is 29.9 Å². The first-order valence-corrected chi connectivity index (χ1v) is 22.9. The quantitative estimate of drug-likeness (QED) is 0.151. The van der Waals surface area contributed by atoms with Crippen molar-refractivity contribution in [2.75, 3.05) is 0 Å². The van der Waals surface area contributed by atoms with Crippen LogP contribution < -0.4 is 0 Å². The third-order valence-electron chi connectivity index (χ3n) is 12.8. The topological polar surface area (TPSA) is 87.2 Å². The van der Waals surface area contributed by atoms with Crippen molar-refractivity contribution in [2.45, 2.75) is 12.8 Å². The Kier molecular flexibility index (Phi) is 9.45. The van der Waals surface area contributed by atoms with E-state index in [0.717, 1.165) is 79.7 Å². The number of hydrogen-bond acceptors (Lipinski definition) is 6. The van der Waals surface area contributed by atoms with E-state index in [1.54, 1.807) is 0 Å². The van der Waals surface area contributed by atoms with Gasteiger partial charge in [0.2, 0.25) is 0 Å². The lowest BCUT2D eigenvalue weighted by atomic mass is 10.1. The van der Waals surface area contributed by atoms with E-state index >= 15 is 0 Å². The van der Waals surface area contributed by atoms with Gasteiger partial charge in [0.25, 0.3) is 0 Å². The van der Waals surface area contributed by atoms with E-state index in [2.05, 4.69) is 149 Å². The van der Waals surface area contributed by atoms with Crippen LogP contribution in [-0.2, 0) is 0 Å². The van der Waals surface area contributed by atoms with Gasteiger partial charge in [-0.05, 0) is 61.4 Å². The maximum Gasteiger partial charge on any atom is 0.164 e. The molecule has 4 aromatic heterocycles. The smallest absolute Gasteiger partial charge is 0.164 e. The largest absolute Gasteiger partial charge is 0.309 e. The Morgan fingerprint density at radius 3 is 1.13 bits per heavy atom. The van der Waals surface area contributed by atoms with Crippen molar-refractivity contribution in [3.8, 4) is 68.3 Å². The summed E-state index contributed by atoms with van der Waals surface area (Å²) < 4.78 is 4.74.